The van der Waals surface area contributed by atoms with Gasteiger partial charge in [-0.25, -0.2) is 0 Å². The van der Waals surface area contributed by atoms with E-state index < -0.39 is 6.04 Å². The summed E-state index contributed by atoms with van der Waals surface area (Å²) in [6, 6.07) is 7.54. The van der Waals surface area contributed by atoms with Crippen molar-refractivity contribution < 1.29 is 4.79 Å². The summed E-state index contributed by atoms with van der Waals surface area (Å²) in [6.45, 7) is 9.09. The minimum Gasteiger partial charge on any atom is -0.353 e. The smallest absolute Gasteiger partial charge is 0.241 e. The van der Waals surface area contributed by atoms with E-state index in [0.717, 1.165) is 31.7 Å². The van der Waals surface area contributed by atoms with E-state index in [0.29, 0.717) is 12.6 Å². The van der Waals surface area contributed by atoms with Gasteiger partial charge in [-0.3, -0.25) is 9.69 Å². The number of carbonyl (C=O) groups excluding carboxylic acids is 1. The van der Waals surface area contributed by atoms with Gasteiger partial charge in [0.1, 0.15) is 6.04 Å². The second kappa shape index (κ2) is 12.7. The minimum atomic E-state index is -0.597. The summed E-state index contributed by atoms with van der Waals surface area (Å²) in [5.41, 5.74) is 8.06. The molecule has 0 aliphatic carbocycles. The van der Waals surface area contributed by atoms with Crippen LogP contribution in [-0.2, 0) is 4.79 Å². The van der Waals surface area contributed by atoms with Crippen molar-refractivity contribution in [2.24, 2.45) is 5.73 Å². The van der Waals surface area contributed by atoms with E-state index in [9.17, 15) is 4.79 Å². The average molecular weight is 414 g/mol. The second-order valence-electron chi connectivity index (χ2n) is 6.32. The first-order valence-corrected chi connectivity index (χ1v) is 8.00. The van der Waals surface area contributed by atoms with Crippen molar-refractivity contribution in [2.75, 3.05) is 39.8 Å². The molecule has 25 heavy (non-hydrogen) atoms. The van der Waals surface area contributed by atoms with Crippen LogP contribution in [0.25, 0.3) is 0 Å². The van der Waals surface area contributed by atoms with Gasteiger partial charge >= 0.3 is 0 Å². The fourth-order valence-electron chi connectivity index (χ4n) is 2.68. The van der Waals surface area contributed by atoms with Crippen molar-refractivity contribution in [3.8, 4) is 0 Å². The zero-order valence-electron chi connectivity index (χ0n) is 15.1. The van der Waals surface area contributed by atoms with Crippen LogP contribution in [0.2, 0.25) is 0 Å². The van der Waals surface area contributed by atoms with Crippen molar-refractivity contribution in [3.63, 3.8) is 0 Å². The Kier molecular flexibility index (Phi) is 13.6. The van der Waals surface area contributed by atoms with Crippen molar-refractivity contribution in [3.05, 3.63) is 35.4 Å². The largest absolute Gasteiger partial charge is 0.353 e. The maximum atomic E-state index is 12.2. The molecule has 1 aliphatic rings. The predicted octanol–water partition coefficient (Wildman–Crippen LogP) is 2.01. The number of hydrogen-bond donors (Lipinski definition) is 2. The van der Waals surface area contributed by atoms with Crippen molar-refractivity contribution >= 4 is 43.1 Å². The van der Waals surface area contributed by atoms with Crippen molar-refractivity contribution in [1.82, 2.24) is 15.1 Å². The first-order valence-electron chi connectivity index (χ1n) is 8.00. The Hall–Kier alpha value is -0.560. The Morgan fingerprint density at radius 3 is 2.16 bits per heavy atom. The SMILES string of the molecule is Cc1ccc(C(N)C(=O)NCC(C)N2CCN(C)CC2)cc1.Cl.Cl.Cl. The van der Waals surface area contributed by atoms with Crippen LogP contribution in [0, 0.1) is 6.92 Å². The van der Waals surface area contributed by atoms with Gasteiger partial charge in [-0.15, -0.1) is 37.2 Å². The van der Waals surface area contributed by atoms with Crippen molar-refractivity contribution in [1.29, 1.82) is 0 Å². The summed E-state index contributed by atoms with van der Waals surface area (Å²) < 4.78 is 0. The molecule has 0 spiro atoms. The van der Waals surface area contributed by atoms with Crippen LogP contribution in [0.1, 0.15) is 24.1 Å². The molecule has 1 heterocycles. The van der Waals surface area contributed by atoms with Gasteiger partial charge in [0.2, 0.25) is 5.91 Å². The molecule has 0 aromatic heterocycles. The molecule has 2 rings (SSSR count). The van der Waals surface area contributed by atoms with E-state index in [1.807, 2.05) is 31.2 Å². The molecule has 146 valence electrons. The van der Waals surface area contributed by atoms with Gasteiger partial charge in [0.15, 0.2) is 0 Å². The molecule has 8 heteroatoms. The molecule has 1 aromatic carbocycles. The molecule has 1 fully saturated rings. The van der Waals surface area contributed by atoms with Gasteiger partial charge in [-0.05, 0) is 26.5 Å². The number of halogens is 3. The van der Waals surface area contributed by atoms with Crippen LogP contribution in [0.15, 0.2) is 24.3 Å². The van der Waals surface area contributed by atoms with Gasteiger partial charge in [0, 0.05) is 38.8 Å². The van der Waals surface area contributed by atoms with E-state index in [1.165, 1.54) is 5.56 Å². The predicted molar refractivity (Wildman–Crippen MR) is 111 cm³/mol. The summed E-state index contributed by atoms with van der Waals surface area (Å²) in [4.78, 5) is 16.9. The molecule has 3 N–H and O–H groups in total. The molecule has 1 saturated heterocycles. The minimum absolute atomic E-state index is 0. The van der Waals surface area contributed by atoms with Gasteiger partial charge in [0.05, 0.1) is 0 Å². The van der Waals surface area contributed by atoms with Gasteiger partial charge in [-0.1, -0.05) is 29.8 Å². The zero-order chi connectivity index (χ0) is 16.1. The third kappa shape index (κ3) is 8.11. The third-order valence-electron chi connectivity index (χ3n) is 4.45. The molecule has 5 nitrogen and oxygen atoms in total. The van der Waals surface area contributed by atoms with Gasteiger partial charge in [-0.2, -0.15) is 0 Å². The Morgan fingerprint density at radius 2 is 1.64 bits per heavy atom. The van der Waals surface area contributed by atoms with E-state index in [2.05, 4.69) is 29.1 Å². The molecule has 1 aliphatic heterocycles. The molecule has 1 amide bonds. The highest BCUT2D eigenvalue weighted by atomic mass is 35.5. The lowest BCUT2D eigenvalue weighted by atomic mass is 10.1. The Bertz CT molecular complexity index is 493. The lowest BCUT2D eigenvalue weighted by Crippen LogP contribution is -2.51. The molecule has 1 aromatic rings. The topological polar surface area (TPSA) is 61.6 Å². The van der Waals surface area contributed by atoms with Gasteiger partial charge in [0.25, 0.3) is 0 Å². The molecule has 0 radical (unpaired) electrons. The van der Waals surface area contributed by atoms with Crippen LogP contribution >= 0.6 is 37.2 Å². The number of nitrogens with one attached hydrogen (secondary N) is 1. The number of hydrogen-bond acceptors (Lipinski definition) is 4. The van der Waals surface area contributed by atoms with E-state index >= 15 is 0 Å². The highest BCUT2D eigenvalue weighted by Crippen LogP contribution is 2.12. The Morgan fingerprint density at radius 1 is 1.12 bits per heavy atom. The monoisotopic (exact) mass is 412 g/mol. The second-order valence-corrected chi connectivity index (χ2v) is 6.32. The quantitative estimate of drug-likeness (QED) is 0.775. The summed E-state index contributed by atoms with van der Waals surface area (Å²) in [7, 11) is 2.14. The number of nitrogens with two attached hydrogens (primary N) is 1. The zero-order valence-corrected chi connectivity index (χ0v) is 17.6. The number of carbonyl (C=O) groups is 1. The summed E-state index contributed by atoms with van der Waals surface area (Å²) in [6.07, 6.45) is 0. The van der Waals surface area contributed by atoms with E-state index in [4.69, 9.17) is 5.73 Å². The van der Waals surface area contributed by atoms with Crippen molar-refractivity contribution in [2.45, 2.75) is 25.9 Å². The Labute approximate surface area is 169 Å². The maximum Gasteiger partial charge on any atom is 0.241 e. The molecule has 2 unspecified atom stereocenters. The molecule has 2 atom stereocenters. The van der Waals surface area contributed by atoms with E-state index in [1.54, 1.807) is 0 Å². The van der Waals surface area contributed by atoms with Crippen LogP contribution in [-0.4, -0.2) is 61.5 Å². The van der Waals surface area contributed by atoms with Crippen LogP contribution < -0.4 is 11.1 Å². The fourth-order valence-corrected chi connectivity index (χ4v) is 2.68. The lowest BCUT2D eigenvalue weighted by molar-refractivity contribution is -0.122. The van der Waals surface area contributed by atoms with E-state index in [-0.39, 0.29) is 43.1 Å². The highest BCUT2D eigenvalue weighted by Gasteiger charge is 2.21. The number of nitrogens with zero attached hydrogens (tertiary/aromatic N) is 2. The number of amides is 1. The first kappa shape index (κ1) is 26.7. The molecular weight excluding hydrogens is 383 g/mol. The first-order chi connectivity index (χ1) is 10.5. The maximum absolute atomic E-state index is 12.2. The van der Waals surface area contributed by atoms with Gasteiger partial charge < -0.3 is 16.0 Å². The molecular formula is C17H31Cl3N4O. The van der Waals surface area contributed by atoms with Crippen LogP contribution in [0.4, 0.5) is 0 Å². The summed E-state index contributed by atoms with van der Waals surface area (Å²) in [5, 5.41) is 2.98. The average Bonchev–Trinajstić information content (AvgIpc) is 2.53. The Balaban J connectivity index is 0. The third-order valence-corrected chi connectivity index (χ3v) is 4.45. The number of aryl methyl sites for hydroxylation is 1. The van der Waals surface area contributed by atoms with Crippen LogP contribution in [0.5, 0.6) is 0 Å². The molecule has 0 saturated carbocycles. The lowest BCUT2D eigenvalue weighted by Gasteiger charge is -2.36. The highest BCUT2D eigenvalue weighted by molar-refractivity contribution is 5.86. The summed E-state index contributed by atoms with van der Waals surface area (Å²) in [5.74, 6) is -0.107. The number of likely N-dealkylation sites (N-methyl/N-ethyl adjacent to an activating group) is 1. The van der Waals surface area contributed by atoms with Crippen LogP contribution in [0.3, 0.4) is 0 Å². The normalized spacial score (nSPS) is 17.3. The molecule has 0 bridgehead atoms. The number of piperazine rings is 1. The number of benzene rings is 1. The fraction of sp³-hybridized carbons (Fsp3) is 0.588. The standard InChI is InChI=1S/C17H28N4O.3ClH/c1-13-4-6-15(7-5-13)16(18)17(22)19-12-14(2)21-10-8-20(3)9-11-21;;;/h4-7,14,16H,8-12,18H2,1-3H3,(H,19,22);3*1H. The number of rotatable bonds is 5. The summed E-state index contributed by atoms with van der Waals surface area (Å²) >= 11 is 0.